The molecule has 1 rings (SSSR count). The maximum Gasteiger partial charge on any atom is 0.309 e. The van der Waals surface area contributed by atoms with Crippen LogP contribution in [0.25, 0.3) is 0 Å². The fourth-order valence-electron chi connectivity index (χ4n) is 1.69. The molecule has 0 spiro atoms. The van der Waals surface area contributed by atoms with Crippen molar-refractivity contribution in [1.29, 1.82) is 0 Å². The van der Waals surface area contributed by atoms with Gasteiger partial charge in [-0.25, -0.2) is 0 Å². The molecule has 0 bridgehead atoms. The number of ether oxygens (including phenoxy) is 2. The summed E-state index contributed by atoms with van der Waals surface area (Å²) in [6.45, 7) is 8.45. The standard InChI is InChI=1S/C11H18O3/c1-4-6-13-10(12)9-5-7-14-11(2,3)8-9/h4,9H,1,5-8H2,2-3H3. The molecule has 3 nitrogen and oxygen atoms in total. The van der Waals surface area contributed by atoms with Gasteiger partial charge in [0.05, 0.1) is 11.5 Å². The van der Waals surface area contributed by atoms with Crippen molar-refractivity contribution in [2.24, 2.45) is 5.92 Å². The van der Waals surface area contributed by atoms with Crippen molar-refractivity contribution in [3.63, 3.8) is 0 Å². The third-order valence-corrected chi connectivity index (χ3v) is 2.37. The van der Waals surface area contributed by atoms with Crippen LogP contribution in [0.3, 0.4) is 0 Å². The van der Waals surface area contributed by atoms with Crippen LogP contribution in [-0.4, -0.2) is 24.8 Å². The van der Waals surface area contributed by atoms with Gasteiger partial charge in [0.1, 0.15) is 6.61 Å². The van der Waals surface area contributed by atoms with E-state index in [1.807, 2.05) is 13.8 Å². The molecule has 0 aliphatic carbocycles. The van der Waals surface area contributed by atoms with E-state index in [-0.39, 0.29) is 17.5 Å². The van der Waals surface area contributed by atoms with Crippen LogP contribution in [0.2, 0.25) is 0 Å². The topological polar surface area (TPSA) is 35.5 Å². The van der Waals surface area contributed by atoms with Gasteiger partial charge in [0.25, 0.3) is 0 Å². The Labute approximate surface area is 85.1 Å². The predicted molar refractivity (Wildman–Crippen MR) is 53.9 cm³/mol. The molecule has 1 unspecified atom stereocenters. The second-order valence-electron chi connectivity index (χ2n) is 4.22. The zero-order valence-electron chi connectivity index (χ0n) is 8.91. The normalized spacial score (nSPS) is 25.4. The summed E-state index contributed by atoms with van der Waals surface area (Å²) in [6, 6.07) is 0. The highest BCUT2D eigenvalue weighted by Gasteiger charge is 2.33. The largest absolute Gasteiger partial charge is 0.461 e. The van der Waals surface area contributed by atoms with Crippen molar-refractivity contribution in [2.45, 2.75) is 32.3 Å². The highest BCUT2D eigenvalue weighted by molar-refractivity contribution is 5.72. The van der Waals surface area contributed by atoms with Crippen LogP contribution in [0.5, 0.6) is 0 Å². The molecule has 1 aliphatic rings. The molecule has 1 atom stereocenters. The minimum atomic E-state index is -0.198. The highest BCUT2D eigenvalue weighted by Crippen LogP contribution is 2.29. The first-order chi connectivity index (χ1) is 6.55. The number of hydrogen-bond donors (Lipinski definition) is 0. The van der Waals surface area contributed by atoms with Crippen molar-refractivity contribution in [3.8, 4) is 0 Å². The molecule has 80 valence electrons. The number of esters is 1. The van der Waals surface area contributed by atoms with Gasteiger partial charge < -0.3 is 9.47 Å². The average Bonchev–Trinajstić information content (AvgIpc) is 2.12. The van der Waals surface area contributed by atoms with Gasteiger partial charge in [0, 0.05) is 6.61 Å². The molecule has 0 radical (unpaired) electrons. The predicted octanol–water partition coefficient (Wildman–Crippen LogP) is 1.92. The van der Waals surface area contributed by atoms with Gasteiger partial charge in [-0.15, -0.1) is 0 Å². The van der Waals surface area contributed by atoms with Crippen LogP contribution in [0.1, 0.15) is 26.7 Å². The van der Waals surface area contributed by atoms with Crippen LogP contribution in [0, 0.1) is 5.92 Å². The Bertz CT molecular complexity index is 221. The summed E-state index contributed by atoms with van der Waals surface area (Å²) in [5, 5.41) is 0. The van der Waals surface area contributed by atoms with Crippen molar-refractivity contribution >= 4 is 5.97 Å². The third-order valence-electron chi connectivity index (χ3n) is 2.37. The maximum absolute atomic E-state index is 11.5. The van der Waals surface area contributed by atoms with E-state index in [2.05, 4.69) is 6.58 Å². The lowest BCUT2D eigenvalue weighted by atomic mass is 9.88. The Balaban J connectivity index is 2.43. The van der Waals surface area contributed by atoms with Crippen LogP contribution < -0.4 is 0 Å². The number of rotatable bonds is 3. The minimum Gasteiger partial charge on any atom is -0.461 e. The highest BCUT2D eigenvalue weighted by atomic mass is 16.5. The molecule has 0 aromatic rings. The SMILES string of the molecule is C=CCOC(=O)C1CCOC(C)(C)C1. The Morgan fingerprint density at radius 1 is 1.71 bits per heavy atom. The molecule has 0 saturated carbocycles. The van der Waals surface area contributed by atoms with E-state index in [4.69, 9.17) is 9.47 Å². The summed E-state index contributed by atoms with van der Waals surface area (Å²) in [7, 11) is 0. The second kappa shape index (κ2) is 4.60. The summed E-state index contributed by atoms with van der Waals surface area (Å²) >= 11 is 0. The molecular formula is C11H18O3. The molecule has 14 heavy (non-hydrogen) atoms. The lowest BCUT2D eigenvalue weighted by Crippen LogP contribution is -2.37. The Kier molecular flexibility index (Phi) is 3.69. The monoisotopic (exact) mass is 198 g/mol. The van der Waals surface area contributed by atoms with Crippen molar-refractivity contribution in [1.82, 2.24) is 0 Å². The molecule has 0 aromatic heterocycles. The quantitative estimate of drug-likeness (QED) is 0.513. The molecular weight excluding hydrogens is 180 g/mol. The van der Waals surface area contributed by atoms with Gasteiger partial charge in [0.15, 0.2) is 0 Å². The smallest absolute Gasteiger partial charge is 0.309 e. The summed E-state index contributed by atoms with van der Waals surface area (Å²) in [6.07, 6.45) is 3.09. The average molecular weight is 198 g/mol. The van der Waals surface area contributed by atoms with E-state index in [0.717, 1.165) is 12.8 Å². The summed E-state index contributed by atoms with van der Waals surface area (Å²) < 4.78 is 10.5. The molecule has 0 amide bonds. The molecule has 1 aliphatic heterocycles. The number of carbonyl (C=O) groups excluding carboxylic acids is 1. The van der Waals surface area contributed by atoms with E-state index in [0.29, 0.717) is 13.2 Å². The van der Waals surface area contributed by atoms with E-state index in [1.54, 1.807) is 6.08 Å². The zero-order valence-corrected chi connectivity index (χ0v) is 8.91. The van der Waals surface area contributed by atoms with Crippen LogP contribution in [-0.2, 0) is 14.3 Å². The maximum atomic E-state index is 11.5. The first kappa shape index (κ1) is 11.2. The first-order valence-corrected chi connectivity index (χ1v) is 4.96. The van der Waals surface area contributed by atoms with Gasteiger partial charge in [-0.2, -0.15) is 0 Å². The van der Waals surface area contributed by atoms with Gasteiger partial charge in [-0.3, -0.25) is 4.79 Å². The Morgan fingerprint density at radius 3 is 3.00 bits per heavy atom. The summed E-state index contributed by atoms with van der Waals surface area (Å²) in [4.78, 5) is 11.5. The molecule has 3 heteroatoms. The molecule has 0 aromatic carbocycles. The molecule has 1 saturated heterocycles. The third kappa shape index (κ3) is 3.14. The van der Waals surface area contributed by atoms with E-state index in [1.165, 1.54) is 0 Å². The fraction of sp³-hybridized carbons (Fsp3) is 0.727. The van der Waals surface area contributed by atoms with E-state index >= 15 is 0 Å². The fourth-order valence-corrected chi connectivity index (χ4v) is 1.69. The van der Waals surface area contributed by atoms with Gasteiger partial charge in [-0.1, -0.05) is 12.7 Å². The number of hydrogen-bond acceptors (Lipinski definition) is 3. The zero-order chi connectivity index (χ0) is 10.6. The van der Waals surface area contributed by atoms with Crippen molar-refractivity contribution < 1.29 is 14.3 Å². The summed E-state index contributed by atoms with van der Waals surface area (Å²) in [5.74, 6) is -0.139. The minimum absolute atomic E-state index is 0.0151. The van der Waals surface area contributed by atoms with Gasteiger partial charge in [0.2, 0.25) is 0 Å². The summed E-state index contributed by atoms with van der Waals surface area (Å²) in [5.41, 5.74) is -0.198. The van der Waals surface area contributed by atoms with Crippen LogP contribution >= 0.6 is 0 Å². The van der Waals surface area contributed by atoms with E-state index in [9.17, 15) is 4.79 Å². The molecule has 1 heterocycles. The van der Waals surface area contributed by atoms with E-state index < -0.39 is 0 Å². The first-order valence-electron chi connectivity index (χ1n) is 4.96. The van der Waals surface area contributed by atoms with Crippen molar-refractivity contribution in [2.75, 3.05) is 13.2 Å². The van der Waals surface area contributed by atoms with Crippen LogP contribution in [0.15, 0.2) is 12.7 Å². The molecule has 0 N–H and O–H groups in total. The van der Waals surface area contributed by atoms with Gasteiger partial charge in [-0.05, 0) is 26.7 Å². The second-order valence-corrected chi connectivity index (χ2v) is 4.22. The van der Waals surface area contributed by atoms with Crippen LogP contribution in [0.4, 0.5) is 0 Å². The number of carbonyl (C=O) groups is 1. The lowest BCUT2D eigenvalue weighted by Gasteiger charge is -2.34. The molecule has 1 fully saturated rings. The van der Waals surface area contributed by atoms with Crippen molar-refractivity contribution in [3.05, 3.63) is 12.7 Å². The lowest BCUT2D eigenvalue weighted by molar-refractivity contribution is -0.156. The van der Waals surface area contributed by atoms with Gasteiger partial charge >= 0.3 is 5.97 Å². The Hall–Kier alpha value is -0.830. The Morgan fingerprint density at radius 2 is 2.43 bits per heavy atom.